The molecule has 0 amide bonds. The van der Waals surface area contributed by atoms with Gasteiger partial charge in [0, 0.05) is 17.8 Å². The van der Waals surface area contributed by atoms with Crippen molar-refractivity contribution < 1.29 is 9.13 Å². The van der Waals surface area contributed by atoms with Crippen LogP contribution in [0.5, 0.6) is 5.75 Å². The van der Waals surface area contributed by atoms with Gasteiger partial charge in [0.15, 0.2) is 11.6 Å². The quantitative estimate of drug-likeness (QED) is 0.800. The topological polar surface area (TPSA) is 21.3 Å². The maximum absolute atomic E-state index is 13.3. The lowest BCUT2D eigenvalue weighted by atomic mass is 9.93. The van der Waals surface area contributed by atoms with E-state index in [0.29, 0.717) is 11.8 Å². The molecule has 1 aromatic rings. The summed E-state index contributed by atoms with van der Waals surface area (Å²) in [5.41, 5.74) is 0.841. The number of rotatable bonds is 3. The van der Waals surface area contributed by atoms with E-state index in [2.05, 4.69) is 5.32 Å². The first kappa shape index (κ1) is 9.31. The maximum atomic E-state index is 13.3. The molecule has 0 spiro atoms. The number of methoxy groups -OCH3 is 1. The summed E-state index contributed by atoms with van der Waals surface area (Å²) >= 11 is 0. The molecule has 1 aromatic carbocycles. The molecule has 1 saturated carbocycles. The minimum absolute atomic E-state index is 0.296. The van der Waals surface area contributed by atoms with Crippen molar-refractivity contribution in [3.63, 3.8) is 0 Å². The van der Waals surface area contributed by atoms with E-state index in [1.807, 2.05) is 6.07 Å². The Morgan fingerprint density at radius 3 is 2.71 bits per heavy atom. The van der Waals surface area contributed by atoms with E-state index in [9.17, 15) is 4.39 Å². The third kappa shape index (κ3) is 1.81. The monoisotopic (exact) mass is 195 g/mol. The molecule has 1 aliphatic carbocycles. The van der Waals surface area contributed by atoms with E-state index in [0.717, 1.165) is 5.69 Å². The van der Waals surface area contributed by atoms with Crippen LogP contribution < -0.4 is 10.1 Å². The highest BCUT2D eigenvalue weighted by Crippen LogP contribution is 2.26. The van der Waals surface area contributed by atoms with Crippen molar-refractivity contribution in [3.8, 4) is 5.75 Å². The molecule has 1 aliphatic rings. The number of ether oxygens (including phenoxy) is 1. The largest absolute Gasteiger partial charge is 0.494 e. The van der Waals surface area contributed by atoms with Gasteiger partial charge in [-0.15, -0.1) is 0 Å². The summed E-state index contributed by atoms with van der Waals surface area (Å²) < 4.78 is 18.1. The number of hydrogen-bond donors (Lipinski definition) is 1. The standard InChI is InChI=1S/C11H14FNO/c1-14-11-6-5-9(7-10(11)12)13-8-3-2-4-8/h5-8,13H,2-4H2,1H3. The molecule has 14 heavy (non-hydrogen) atoms. The van der Waals surface area contributed by atoms with Gasteiger partial charge in [-0.05, 0) is 31.4 Å². The molecule has 76 valence electrons. The minimum atomic E-state index is -0.308. The molecule has 0 bridgehead atoms. The third-order valence-electron chi connectivity index (χ3n) is 2.63. The molecule has 2 rings (SSSR count). The van der Waals surface area contributed by atoms with Gasteiger partial charge in [0.25, 0.3) is 0 Å². The minimum Gasteiger partial charge on any atom is -0.494 e. The first-order valence-electron chi connectivity index (χ1n) is 4.89. The number of anilines is 1. The summed E-state index contributed by atoms with van der Waals surface area (Å²) in [5.74, 6) is -0.0130. The Hall–Kier alpha value is -1.25. The maximum Gasteiger partial charge on any atom is 0.167 e. The fourth-order valence-electron chi connectivity index (χ4n) is 1.54. The molecule has 0 aliphatic heterocycles. The third-order valence-corrected chi connectivity index (χ3v) is 2.63. The van der Waals surface area contributed by atoms with Crippen molar-refractivity contribution in [3.05, 3.63) is 24.0 Å². The lowest BCUT2D eigenvalue weighted by molar-refractivity contribution is 0.386. The van der Waals surface area contributed by atoms with Crippen LogP contribution >= 0.6 is 0 Å². The van der Waals surface area contributed by atoms with Crippen LogP contribution in [0.1, 0.15) is 19.3 Å². The van der Waals surface area contributed by atoms with Gasteiger partial charge in [0.1, 0.15) is 0 Å². The van der Waals surface area contributed by atoms with Crippen LogP contribution in [0.4, 0.5) is 10.1 Å². The Kier molecular flexibility index (Phi) is 2.57. The normalized spacial score (nSPS) is 16.1. The van der Waals surface area contributed by atoms with Crippen molar-refractivity contribution >= 4 is 5.69 Å². The van der Waals surface area contributed by atoms with Crippen LogP contribution in [0.3, 0.4) is 0 Å². The fourth-order valence-corrected chi connectivity index (χ4v) is 1.54. The van der Waals surface area contributed by atoms with Gasteiger partial charge in [0.2, 0.25) is 0 Å². The number of hydrogen-bond acceptors (Lipinski definition) is 2. The number of halogens is 1. The summed E-state index contributed by atoms with van der Waals surface area (Å²) in [7, 11) is 1.47. The molecule has 3 heteroatoms. The summed E-state index contributed by atoms with van der Waals surface area (Å²) in [6.07, 6.45) is 3.65. The Morgan fingerprint density at radius 1 is 1.43 bits per heavy atom. The van der Waals surface area contributed by atoms with E-state index in [1.165, 1.54) is 32.4 Å². The van der Waals surface area contributed by atoms with Crippen LogP contribution in [0.2, 0.25) is 0 Å². The number of benzene rings is 1. The second-order valence-corrected chi connectivity index (χ2v) is 3.62. The summed E-state index contributed by atoms with van der Waals surface area (Å²) in [4.78, 5) is 0. The van der Waals surface area contributed by atoms with Gasteiger partial charge in [0.05, 0.1) is 7.11 Å². The molecule has 1 fully saturated rings. The van der Waals surface area contributed by atoms with Crippen LogP contribution in [-0.4, -0.2) is 13.2 Å². The molecule has 0 heterocycles. The Morgan fingerprint density at radius 2 is 2.21 bits per heavy atom. The molecule has 0 aromatic heterocycles. The van der Waals surface area contributed by atoms with Gasteiger partial charge in [-0.3, -0.25) is 0 Å². The van der Waals surface area contributed by atoms with Crippen molar-refractivity contribution in [1.29, 1.82) is 0 Å². The molecular weight excluding hydrogens is 181 g/mol. The van der Waals surface area contributed by atoms with Gasteiger partial charge >= 0.3 is 0 Å². The van der Waals surface area contributed by atoms with Crippen molar-refractivity contribution in [2.45, 2.75) is 25.3 Å². The molecule has 0 saturated heterocycles. The molecule has 0 radical (unpaired) electrons. The molecular formula is C11H14FNO. The molecule has 1 N–H and O–H groups in total. The molecule has 0 atom stereocenters. The zero-order valence-corrected chi connectivity index (χ0v) is 8.22. The van der Waals surface area contributed by atoms with Gasteiger partial charge < -0.3 is 10.1 Å². The van der Waals surface area contributed by atoms with Crippen molar-refractivity contribution in [2.24, 2.45) is 0 Å². The van der Waals surface area contributed by atoms with Crippen LogP contribution in [0.25, 0.3) is 0 Å². The molecule has 2 nitrogen and oxygen atoms in total. The lowest BCUT2D eigenvalue weighted by Crippen LogP contribution is -2.26. The Bertz CT molecular complexity index is 323. The van der Waals surface area contributed by atoms with E-state index in [4.69, 9.17) is 4.74 Å². The second-order valence-electron chi connectivity index (χ2n) is 3.62. The highest BCUT2D eigenvalue weighted by Gasteiger charge is 2.17. The summed E-state index contributed by atoms with van der Waals surface area (Å²) in [5, 5.41) is 3.27. The summed E-state index contributed by atoms with van der Waals surface area (Å²) in [6, 6.07) is 5.51. The zero-order chi connectivity index (χ0) is 9.97. The highest BCUT2D eigenvalue weighted by atomic mass is 19.1. The van der Waals surface area contributed by atoms with Crippen LogP contribution in [0, 0.1) is 5.82 Å². The van der Waals surface area contributed by atoms with Crippen LogP contribution in [0.15, 0.2) is 18.2 Å². The Labute approximate surface area is 83.1 Å². The highest BCUT2D eigenvalue weighted by molar-refractivity contribution is 5.48. The van der Waals surface area contributed by atoms with Crippen LogP contribution in [-0.2, 0) is 0 Å². The van der Waals surface area contributed by atoms with E-state index in [-0.39, 0.29) is 5.82 Å². The fraction of sp³-hybridized carbons (Fsp3) is 0.455. The van der Waals surface area contributed by atoms with Gasteiger partial charge in [-0.1, -0.05) is 0 Å². The van der Waals surface area contributed by atoms with Crippen molar-refractivity contribution in [2.75, 3.05) is 12.4 Å². The smallest absolute Gasteiger partial charge is 0.167 e. The Balaban J connectivity index is 2.07. The van der Waals surface area contributed by atoms with E-state index in [1.54, 1.807) is 6.07 Å². The SMILES string of the molecule is COc1ccc(NC2CCC2)cc1F. The van der Waals surface area contributed by atoms with Crippen molar-refractivity contribution in [1.82, 2.24) is 0 Å². The average molecular weight is 195 g/mol. The summed E-state index contributed by atoms with van der Waals surface area (Å²) in [6.45, 7) is 0. The predicted molar refractivity (Wildman–Crippen MR) is 54.2 cm³/mol. The zero-order valence-electron chi connectivity index (χ0n) is 8.22. The average Bonchev–Trinajstić information content (AvgIpc) is 2.12. The second kappa shape index (κ2) is 3.86. The number of nitrogens with one attached hydrogen (secondary N) is 1. The van der Waals surface area contributed by atoms with Gasteiger partial charge in [-0.2, -0.15) is 0 Å². The predicted octanol–water partition coefficient (Wildman–Crippen LogP) is 2.80. The first-order valence-corrected chi connectivity index (χ1v) is 4.89. The van der Waals surface area contributed by atoms with E-state index < -0.39 is 0 Å². The lowest BCUT2D eigenvalue weighted by Gasteiger charge is -2.27. The van der Waals surface area contributed by atoms with E-state index >= 15 is 0 Å². The van der Waals surface area contributed by atoms with Gasteiger partial charge in [-0.25, -0.2) is 4.39 Å². The molecule has 0 unspecified atom stereocenters. The first-order chi connectivity index (χ1) is 6.79.